The molecule has 0 aliphatic heterocycles. The van der Waals surface area contributed by atoms with Crippen LogP contribution in [0.15, 0.2) is 167 Å². The number of para-hydroxylation sites is 2. The number of fused-ring (bicyclic) bond motifs is 6. The Balaban J connectivity index is 1.01. The molecule has 4 heterocycles. The van der Waals surface area contributed by atoms with Crippen molar-refractivity contribution in [1.29, 1.82) is 0 Å². The first kappa shape index (κ1) is 28.1. The molecule has 6 aromatic carbocycles. The van der Waals surface area contributed by atoms with Gasteiger partial charge < -0.3 is 8.83 Å². The van der Waals surface area contributed by atoms with E-state index in [0.717, 1.165) is 77.5 Å². The summed E-state index contributed by atoms with van der Waals surface area (Å²) in [6, 6.07) is 53.1. The third-order valence-electron chi connectivity index (χ3n) is 9.19. The van der Waals surface area contributed by atoms with Crippen LogP contribution in [0.5, 0.6) is 0 Å². The molecule has 0 unspecified atom stereocenters. The Kier molecular flexibility index (Phi) is 6.39. The summed E-state index contributed by atoms with van der Waals surface area (Å²) in [5.74, 6) is 1.23. The van der Waals surface area contributed by atoms with Gasteiger partial charge in [0.05, 0.1) is 22.2 Å². The molecule has 0 aliphatic rings. The summed E-state index contributed by atoms with van der Waals surface area (Å²) in [5.41, 5.74) is 10.5. The lowest BCUT2D eigenvalue weighted by atomic mass is 10.0. The Bertz CT molecular complexity index is 2640. The lowest BCUT2D eigenvalue weighted by molar-refractivity contribution is 0.653. The van der Waals surface area contributed by atoms with Crippen LogP contribution >= 0.6 is 0 Å². The third-order valence-corrected chi connectivity index (χ3v) is 9.19. The van der Waals surface area contributed by atoms with Crippen molar-refractivity contribution in [2.45, 2.75) is 0 Å². The van der Waals surface area contributed by atoms with Gasteiger partial charge in [-0.05, 0) is 23.3 Å². The number of furan rings is 2. The second-order valence-electron chi connectivity index (χ2n) is 12.2. The molecule has 0 saturated heterocycles. The summed E-state index contributed by atoms with van der Waals surface area (Å²) in [6.07, 6.45) is 0. The van der Waals surface area contributed by atoms with Crippen molar-refractivity contribution in [3.05, 3.63) is 158 Å². The predicted molar refractivity (Wildman–Crippen MR) is 199 cm³/mol. The van der Waals surface area contributed by atoms with E-state index in [1.807, 2.05) is 72.8 Å². The molecule has 0 fully saturated rings. The minimum absolute atomic E-state index is 0.577. The maximum Gasteiger partial charge on any atom is 0.231 e. The SMILES string of the molecule is c1ccc(-c2nc(-c3ccc(-c4ccc(-c5nc(-c6ccccc6)c6c(n5)oc5ccccc56)cc4)cc3)nc3oc4ccccc4c23)cc1. The Morgan fingerprint density at radius 3 is 1.08 bits per heavy atom. The van der Waals surface area contributed by atoms with Crippen LogP contribution in [0, 0.1) is 0 Å². The van der Waals surface area contributed by atoms with Gasteiger partial charge in [0, 0.05) is 33.0 Å². The van der Waals surface area contributed by atoms with Gasteiger partial charge in [0.15, 0.2) is 11.6 Å². The zero-order valence-corrected chi connectivity index (χ0v) is 26.6. The average molecular weight is 643 g/mol. The average Bonchev–Trinajstić information content (AvgIpc) is 3.76. The standard InChI is InChI=1S/C44H26N4O2/c1-3-11-29(12-4-1)39-37-33-15-7-9-17-35(33)49-43(37)47-41(45-39)31-23-19-27(20-24-31)28-21-25-32(26-22-28)42-46-40(30-13-5-2-6-14-30)38-34-16-8-10-18-36(34)50-44(38)48-42/h1-26H. The molecule has 0 N–H and O–H groups in total. The van der Waals surface area contributed by atoms with Gasteiger partial charge in [-0.15, -0.1) is 0 Å². The third kappa shape index (κ3) is 4.65. The monoisotopic (exact) mass is 642 g/mol. The van der Waals surface area contributed by atoms with Crippen LogP contribution < -0.4 is 0 Å². The zero-order valence-electron chi connectivity index (χ0n) is 26.6. The number of nitrogens with zero attached hydrogens (tertiary/aromatic N) is 4. The smallest absolute Gasteiger partial charge is 0.231 e. The maximum atomic E-state index is 6.22. The van der Waals surface area contributed by atoms with Crippen LogP contribution in [0.4, 0.5) is 0 Å². The molecule has 0 aliphatic carbocycles. The van der Waals surface area contributed by atoms with Crippen molar-refractivity contribution < 1.29 is 8.83 Å². The molecule has 6 nitrogen and oxygen atoms in total. The zero-order chi connectivity index (χ0) is 33.0. The Hall–Kier alpha value is -6.92. The summed E-state index contributed by atoms with van der Waals surface area (Å²) < 4.78 is 12.4. The van der Waals surface area contributed by atoms with E-state index < -0.39 is 0 Å². The highest BCUT2D eigenvalue weighted by Gasteiger charge is 2.19. The summed E-state index contributed by atoms with van der Waals surface area (Å²) in [5, 5.41) is 3.86. The van der Waals surface area contributed by atoms with E-state index in [1.165, 1.54) is 0 Å². The van der Waals surface area contributed by atoms with Crippen LogP contribution in [0.2, 0.25) is 0 Å². The number of rotatable bonds is 5. The first-order valence-electron chi connectivity index (χ1n) is 16.5. The summed E-state index contributed by atoms with van der Waals surface area (Å²) in [6.45, 7) is 0. The molecule has 50 heavy (non-hydrogen) atoms. The fourth-order valence-corrected chi connectivity index (χ4v) is 6.74. The van der Waals surface area contributed by atoms with Crippen molar-refractivity contribution in [1.82, 2.24) is 19.9 Å². The molecule has 234 valence electrons. The number of hydrogen-bond donors (Lipinski definition) is 0. The van der Waals surface area contributed by atoms with E-state index in [2.05, 4.69) is 84.9 Å². The maximum absolute atomic E-state index is 6.22. The first-order valence-corrected chi connectivity index (χ1v) is 16.5. The Morgan fingerprint density at radius 2 is 0.660 bits per heavy atom. The second kappa shape index (κ2) is 11.4. The molecule has 0 spiro atoms. The molecular weight excluding hydrogens is 617 g/mol. The van der Waals surface area contributed by atoms with Crippen LogP contribution in [0.1, 0.15) is 0 Å². The molecule has 0 radical (unpaired) electrons. The molecular formula is C44H26N4O2. The molecule has 0 atom stereocenters. The predicted octanol–water partition coefficient (Wildman–Crippen LogP) is 11.4. The highest BCUT2D eigenvalue weighted by molar-refractivity contribution is 6.11. The van der Waals surface area contributed by atoms with E-state index in [1.54, 1.807) is 0 Å². The Morgan fingerprint density at radius 1 is 0.300 bits per heavy atom. The van der Waals surface area contributed by atoms with Crippen molar-refractivity contribution in [2.75, 3.05) is 0 Å². The van der Waals surface area contributed by atoms with Crippen molar-refractivity contribution in [3.8, 4) is 56.4 Å². The fraction of sp³-hybridized carbons (Fsp3) is 0. The topological polar surface area (TPSA) is 77.8 Å². The van der Waals surface area contributed by atoms with Crippen LogP contribution in [0.25, 0.3) is 101 Å². The van der Waals surface area contributed by atoms with Crippen molar-refractivity contribution >= 4 is 44.1 Å². The van der Waals surface area contributed by atoms with Gasteiger partial charge in [-0.1, -0.05) is 146 Å². The highest BCUT2D eigenvalue weighted by Crippen LogP contribution is 2.38. The van der Waals surface area contributed by atoms with Gasteiger partial charge >= 0.3 is 0 Å². The largest absolute Gasteiger partial charge is 0.438 e. The minimum Gasteiger partial charge on any atom is -0.438 e. The van der Waals surface area contributed by atoms with Crippen LogP contribution in [-0.4, -0.2) is 19.9 Å². The van der Waals surface area contributed by atoms with Gasteiger partial charge in [0.2, 0.25) is 11.4 Å². The number of hydrogen-bond acceptors (Lipinski definition) is 6. The number of aromatic nitrogens is 4. The van der Waals surface area contributed by atoms with Crippen LogP contribution in [0.3, 0.4) is 0 Å². The summed E-state index contributed by atoms with van der Waals surface area (Å²) >= 11 is 0. The number of benzene rings is 6. The molecule has 0 amide bonds. The normalized spacial score (nSPS) is 11.6. The molecule has 0 bridgehead atoms. The fourth-order valence-electron chi connectivity index (χ4n) is 6.74. The molecule has 4 aromatic heterocycles. The van der Waals surface area contributed by atoms with E-state index in [9.17, 15) is 0 Å². The van der Waals surface area contributed by atoms with E-state index in [4.69, 9.17) is 28.8 Å². The molecule has 10 aromatic rings. The van der Waals surface area contributed by atoms with Gasteiger partial charge in [-0.2, -0.15) is 9.97 Å². The lowest BCUT2D eigenvalue weighted by Crippen LogP contribution is -1.94. The van der Waals surface area contributed by atoms with E-state index >= 15 is 0 Å². The van der Waals surface area contributed by atoms with Gasteiger partial charge in [-0.3, -0.25) is 0 Å². The van der Waals surface area contributed by atoms with Crippen LogP contribution in [-0.2, 0) is 0 Å². The molecule has 10 rings (SSSR count). The summed E-state index contributed by atoms with van der Waals surface area (Å²) in [4.78, 5) is 19.9. The van der Waals surface area contributed by atoms with Crippen molar-refractivity contribution in [3.63, 3.8) is 0 Å². The molecule has 6 heteroatoms. The quantitative estimate of drug-likeness (QED) is 0.186. The van der Waals surface area contributed by atoms with E-state index in [0.29, 0.717) is 23.1 Å². The first-order chi connectivity index (χ1) is 24.8. The van der Waals surface area contributed by atoms with E-state index in [-0.39, 0.29) is 0 Å². The van der Waals surface area contributed by atoms with Gasteiger partial charge in [0.1, 0.15) is 11.2 Å². The van der Waals surface area contributed by atoms with Gasteiger partial charge in [0.25, 0.3) is 0 Å². The summed E-state index contributed by atoms with van der Waals surface area (Å²) in [7, 11) is 0. The Labute approximate surface area is 286 Å². The highest BCUT2D eigenvalue weighted by atomic mass is 16.3. The lowest BCUT2D eigenvalue weighted by Gasteiger charge is -2.09. The van der Waals surface area contributed by atoms with Gasteiger partial charge in [-0.25, -0.2) is 9.97 Å². The minimum atomic E-state index is 0.577. The molecule has 0 saturated carbocycles. The second-order valence-corrected chi connectivity index (χ2v) is 12.2. The van der Waals surface area contributed by atoms with Crippen molar-refractivity contribution in [2.24, 2.45) is 0 Å².